The monoisotopic (exact) mass is 254 g/mol. The number of thioether (sulfide) groups is 1. The number of urea groups is 1. The van der Waals surface area contributed by atoms with E-state index in [0.717, 1.165) is 10.6 Å². The number of ether oxygens (including phenoxy) is 1. The predicted octanol–water partition coefficient (Wildman–Crippen LogP) is 2.56. The van der Waals surface area contributed by atoms with E-state index in [1.807, 2.05) is 37.4 Å². The molecule has 94 valence electrons. The maximum Gasteiger partial charge on any atom is 0.319 e. The van der Waals surface area contributed by atoms with Crippen LogP contribution < -0.4 is 10.6 Å². The van der Waals surface area contributed by atoms with Gasteiger partial charge in [0, 0.05) is 17.7 Å². The number of methoxy groups -OCH3 is 1. The molecule has 17 heavy (non-hydrogen) atoms. The van der Waals surface area contributed by atoms with Gasteiger partial charge in [-0.1, -0.05) is 6.07 Å². The van der Waals surface area contributed by atoms with Gasteiger partial charge in [0.25, 0.3) is 0 Å². The van der Waals surface area contributed by atoms with Crippen LogP contribution in [0.1, 0.15) is 6.92 Å². The normalized spacial score (nSPS) is 11.9. The molecule has 0 aliphatic rings. The molecule has 1 aromatic rings. The highest BCUT2D eigenvalue weighted by Crippen LogP contribution is 2.18. The van der Waals surface area contributed by atoms with Gasteiger partial charge in [-0.2, -0.15) is 0 Å². The minimum atomic E-state index is -0.215. The van der Waals surface area contributed by atoms with Crippen molar-refractivity contribution in [3.8, 4) is 0 Å². The van der Waals surface area contributed by atoms with Gasteiger partial charge in [0.15, 0.2) is 0 Å². The third kappa shape index (κ3) is 5.10. The first-order valence-electron chi connectivity index (χ1n) is 5.36. The van der Waals surface area contributed by atoms with E-state index in [1.165, 1.54) is 0 Å². The van der Waals surface area contributed by atoms with Gasteiger partial charge in [-0.05, 0) is 31.4 Å². The molecule has 0 fully saturated rings. The second-order valence-corrected chi connectivity index (χ2v) is 4.57. The van der Waals surface area contributed by atoms with Crippen LogP contribution in [0.5, 0.6) is 0 Å². The molecule has 2 amide bonds. The van der Waals surface area contributed by atoms with Crippen molar-refractivity contribution in [1.29, 1.82) is 0 Å². The van der Waals surface area contributed by atoms with Crippen molar-refractivity contribution in [2.45, 2.75) is 17.9 Å². The van der Waals surface area contributed by atoms with E-state index in [0.29, 0.717) is 6.61 Å². The predicted molar refractivity (Wildman–Crippen MR) is 71.7 cm³/mol. The first kappa shape index (κ1) is 13.9. The molecule has 0 radical (unpaired) electrons. The van der Waals surface area contributed by atoms with Crippen LogP contribution in [-0.2, 0) is 4.74 Å². The van der Waals surface area contributed by atoms with Crippen LogP contribution in [0.4, 0.5) is 10.5 Å². The average molecular weight is 254 g/mol. The quantitative estimate of drug-likeness (QED) is 0.794. The fourth-order valence-corrected chi connectivity index (χ4v) is 1.84. The van der Waals surface area contributed by atoms with Crippen molar-refractivity contribution in [1.82, 2.24) is 5.32 Å². The number of benzene rings is 1. The summed E-state index contributed by atoms with van der Waals surface area (Å²) in [7, 11) is 1.61. The second-order valence-electron chi connectivity index (χ2n) is 3.69. The Hall–Kier alpha value is -1.20. The van der Waals surface area contributed by atoms with Gasteiger partial charge in [0.1, 0.15) is 0 Å². The molecule has 0 saturated carbocycles. The van der Waals surface area contributed by atoms with Gasteiger partial charge >= 0.3 is 6.03 Å². The smallest absolute Gasteiger partial charge is 0.319 e. The lowest BCUT2D eigenvalue weighted by Crippen LogP contribution is -2.38. The lowest BCUT2D eigenvalue weighted by Gasteiger charge is -2.13. The van der Waals surface area contributed by atoms with Gasteiger partial charge in [0.05, 0.1) is 12.6 Å². The highest BCUT2D eigenvalue weighted by Gasteiger charge is 2.06. The first-order chi connectivity index (χ1) is 8.15. The number of amides is 2. The molecule has 1 atom stereocenters. The van der Waals surface area contributed by atoms with E-state index in [2.05, 4.69) is 10.6 Å². The Balaban J connectivity index is 2.49. The van der Waals surface area contributed by atoms with Gasteiger partial charge in [-0.3, -0.25) is 0 Å². The second kappa shape index (κ2) is 7.19. The number of nitrogens with one attached hydrogen (secondary N) is 2. The number of carbonyl (C=O) groups excluding carboxylic acids is 1. The van der Waals surface area contributed by atoms with Gasteiger partial charge in [-0.25, -0.2) is 4.79 Å². The van der Waals surface area contributed by atoms with Crippen molar-refractivity contribution in [2.75, 3.05) is 25.3 Å². The minimum absolute atomic E-state index is 0.0104. The van der Waals surface area contributed by atoms with Crippen LogP contribution in [0.15, 0.2) is 29.2 Å². The minimum Gasteiger partial charge on any atom is -0.383 e. The molecular formula is C12H18N2O2S. The van der Waals surface area contributed by atoms with Crippen LogP contribution in [0.3, 0.4) is 0 Å². The van der Waals surface area contributed by atoms with E-state index in [4.69, 9.17) is 4.74 Å². The zero-order valence-corrected chi connectivity index (χ0v) is 11.1. The van der Waals surface area contributed by atoms with Crippen molar-refractivity contribution >= 4 is 23.5 Å². The number of hydrogen-bond donors (Lipinski definition) is 2. The molecule has 4 nitrogen and oxygen atoms in total. The SMILES string of the molecule is COCC(C)NC(=O)Nc1cccc(SC)c1. The fourth-order valence-electron chi connectivity index (χ4n) is 1.38. The van der Waals surface area contributed by atoms with E-state index < -0.39 is 0 Å². The molecule has 1 aromatic carbocycles. The van der Waals surface area contributed by atoms with Crippen LogP contribution in [0.25, 0.3) is 0 Å². The molecule has 1 rings (SSSR count). The molecule has 0 bridgehead atoms. The summed E-state index contributed by atoms with van der Waals surface area (Å²) in [4.78, 5) is 12.7. The van der Waals surface area contributed by atoms with Crippen molar-refractivity contribution < 1.29 is 9.53 Å². The molecule has 1 unspecified atom stereocenters. The lowest BCUT2D eigenvalue weighted by molar-refractivity contribution is 0.173. The zero-order chi connectivity index (χ0) is 12.7. The average Bonchev–Trinajstić information content (AvgIpc) is 2.29. The fraction of sp³-hybridized carbons (Fsp3) is 0.417. The summed E-state index contributed by atoms with van der Waals surface area (Å²) in [5.41, 5.74) is 0.791. The van der Waals surface area contributed by atoms with Crippen LogP contribution in [0, 0.1) is 0 Å². The third-order valence-corrected chi connectivity index (χ3v) is 2.85. The first-order valence-corrected chi connectivity index (χ1v) is 6.58. The summed E-state index contributed by atoms with van der Waals surface area (Å²) in [6.07, 6.45) is 2.00. The highest BCUT2D eigenvalue weighted by atomic mass is 32.2. The van der Waals surface area contributed by atoms with Gasteiger partial charge in [0.2, 0.25) is 0 Å². The zero-order valence-electron chi connectivity index (χ0n) is 10.3. The Kier molecular flexibility index (Phi) is 5.86. The molecule has 2 N–H and O–H groups in total. The molecule has 0 saturated heterocycles. The largest absolute Gasteiger partial charge is 0.383 e. The number of carbonyl (C=O) groups is 1. The van der Waals surface area contributed by atoms with E-state index in [9.17, 15) is 4.79 Å². The molecule has 5 heteroatoms. The Bertz CT molecular complexity index is 371. The van der Waals surface area contributed by atoms with E-state index in [1.54, 1.807) is 18.9 Å². The Morgan fingerprint density at radius 1 is 1.53 bits per heavy atom. The number of rotatable bonds is 5. The summed E-state index contributed by atoms with van der Waals surface area (Å²) >= 11 is 1.64. The summed E-state index contributed by atoms with van der Waals surface area (Å²) in [5, 5.41) is 5.57. The molecule has 0 aliphatic heterocycles. The van der Waals surface area contributed by atoms with E-state index in [-0.39, 0.29) is 12.1 Å². The molecule has 0 aromatic heterocycles. The highest BCUT2D eigenvalue weighted by molar-refractivity contribution is 7.98. The maximum absolute atomic E-state index is 11.6. The maximum atomic E-state index is 11.6. The van der Waals surface area contributed by atoms with E-state index >= 15 is 0 Å². The number of hydrogen-bond acceptors (Lipinski definition) is 3. The molecule has 0 aliphatic carbocycles. The van der Waals surface area contributed by atoms with Gasteiger partial charge < -0.3 is 15.4 Å². The summed E-state index contributed by atoms with van der Waals surface area (Å²) in [6, 6.07) is 7.49. The van der Waals surface area contributed by atoms with Crippen molar-refractivity contribution in [2.24, 2.45) is 0 Å². The Morgan fingerprint density at radius 3 is 2.94 bits per heavy atom. The van der Waals surface area contributed by atoms with Crippen LogP contribution in [0.2, 0.25) is 0 Å². The van der Waals surface area contributed by atoms with Crippen LogP contribution >= 0.6 is 11.8 Å². The topological polar surface area (TPSA) is 50.4 Å². The van der Waals surface area contributed by atoms with Crippen molar-refractivity contribution in [3.63, 3.8) is 0 Å². The molecule has 0 spiro atoms. The Labute approximate surface area is 106 Å². The molecular weight excluding hydrogens is 236 g/mol. The Morgan fingerprint density at radius 2 is 2.29 bits per heavy atom. The van der Waals surface area contributed by atoms with Crippen molar-refractivity contribution in [3.05, 3.63) is 24.3 Å². The molecule has 0 heterocycles. The number of anilines is 1. The van der Waals surface area contributed by atoms with Gasteiger partial charge in [-0.15, -0.1) is 11.8 Å². The summed E-state index contributed by atoms with van der Waals surface area (Å²) in [5.74, 6) is 0. The summed E-state index contributed by atoms with van der Waals surface area (Å²) < 4.78 is 4.95. The summed E-state index contributed by atoms with van der Waals surface area (Å²) in [6.45, 7) is 2.39. The standard InChI is InChI=1S/C12H18N2O2S/c1-9(8-16-2)13-12(15)14-10-5-4-6-11(7-10)17-3/h4-7,9H,8H2,1-3H3,(H2,13,14,15). The lowest BCUT2D eigenvalue weighted by atomic mass is 10.3. The van der Waals surface area contributed by atoms with Crippen LogP contribution in [-0.4, -0.2) is 32.0 Å². The third-order valence-electron chi connectivity index (χ3n) is 2.12.